The van der Waals surface area contributed by atoms with Crippen LogP contribution in [0.25, 0.3) is 5.82 Å². The third kappa shape index (κ3) is 5.49. The number of carboxylic acid groups (broad SMARTS) is 1. The number of carbonyl (C=O) groups is 2. The third-order valence-electron chi connectivity index (χ3n) is 9.14. The number of ether oxygens (including phenoxy) is 1. The van der Waals surface area contributed by atoms with E-state index in [4.69, 9.17) is 9.72 Å². The van der Waals surface area contributed by atoms with E-state index in [0.29, 0.717) is 42.5 Å². The quantitative estimate of drug-likeness (QED) is 0.367. The third-order valence-corrected chi connectivity index (χ3v) is 9.72. The molecule has 4 heterocycles. The van der Waals surface area contributed by atoms with Gasteiger partial charge >= 0.3 is 6.09 Å². The second-order valence-electron chi connectivity index (χ2n) is 13.3. The van der Waals surface area contributed by atoms with Crippen LogP contribution in [0.2, 0.25) is 0 Å². The molecule has 6 rings (SSSR count). The Kier molecular flexibility index (Phi) is 7.04. The lowest BCUT2D eigenvalue weighted by Crippen LogP contribution is -2.40. The highest BCUT2D eigenvalue weighted by Gasteiger charge is 2.59. The zero-order valence-electron chi connectivity index (χ0n) is 24.6. The van der Waals surface area contributed by atoms with Crippen molar-refractivity contribution in [1.82, 2.24) is 30.0 Å². The molecule has 1 aliphatic heterocycles. The number of thiazole rings is 1. The average molecular weight is 595 g/mol. The number of likely N-dealkylation sites (tertiary alicyclic amines) is 1. The molecule has 0 aromatic carbocycles. The van der Waals surface area contributed by atoms with Crippen molar-refractivity contribution >= 4 is 23.3 Å². The molecule has 0 bridgehead atoms. The van der Waals surface area contributed by atoms with Crippen LogP contribution in [0.3, 0.4) is 0 Å². The van der Waals surface area contributed by atoms with Crippen LogP contribution in [0.5, 0.6) is 5.88 Å². The molecular weight excluding hydrogens is 556 g/mol. The van der Waals surface area contributed by atoms with Gasteiger partial charge in [0.05, 0.1) is 34.1 Å². The van der Waals surface area contributed by atoms with Crippen LogP contribution in [0.15, 0.2) is 29.2 Å². The Hall–Kier alpha value is -3.51. The van der Waals surface area contributed by atoms with Crippen molar-refractivity contribution in [2.24, 2.45) is 17.3 Å². The number of piperidine rings is 1. The summed E-state index contributed by atoms with van der Waals surface area (Å²) in [6.07, 6.45) is 2.45. The number of hydrogen-bond donors (Lipinski definition) is 3. The van der Waals surface area contributed by atoms with Gasteiger partial charge in [0.15, 0.2) is 5.82 Å². The van der Waals surface area contributed by atoms with Crippen molar-refractivity contribution in [2.45, 2.75) is 77.5 Å². The molecule has 3 N–H and O–H groups in total. The van der Waals surface area contributed by atoms with Gasteiger partial charge in [-0.2, -0.15) is 5.10 Å². The van der Waals surface area contributed by atoms with Crippen LogP contribution in [0, 0.1) is 24.2 Å². The normalized spacial score (nSPS) is 26.5. The van der Waals surface area contributed by atoms with Crippen LogP contribution >= 0.6 is 11.3 Å². The molecule has 5 atom stereocenters. The van der Waals surface area contributed by atoms with Gasteiger partial charge in [-0.3, -0.25) is 4.79 Å². The van der Waals surface area contributed by atoms with E-state index in [1.54, 1.807) is 36.3 Å². The molecule has 3 aliphatic rings. The topological polar surface area (TPSA) is 143 Å². The van der Waals surface area contributed by atoms with Crippen molar-refractivity contribution < 1.29 is 24.5 Å². The number of nitrogens with one attached hydrogen (secondary N) is 1. The summed E-state index contributed by atoms with van der Waals surface area (Å²) in [4.78, 5) is 35.9. The molecule has 12 heteroatoms. The number of amides is 2. The highest BCUT2D eigenvalue weighted by atomic mass is 32.1. The summed E-state index contributed by atoms with van der Waals surface area (Å²) in [6.45, 7) is 10.9. The van der Waals surface area contributed by atoms with Gasteiger partial charge in [-0.15, -0.1) is 11.3 Å². The number of pyridine rings is 1. The molecule has 1 saturated heterocycles. The van der Waals surface area contributed by atoms with Crippen LogP contribution in [0.1, 0.15) is 80.2 Å². The number of nitrogens with zero attached hydrogens (tertiary/aromatic N) is 5. The van der Waals surface area contributed by atoms with Crippen LogP contribution in [-0.2, 0) is 5.54 Å². The fraction of sp³-hybridized carbons (Fsp3) is 0.567. The van der Waals surface area contributed by atoms with Crippen molar-refractivity contribution in [2.75, 3.05) is 13.1 Å². The van der Waals surface area contributed by atoms with E-state index in [2.05, 4.69) is 29.2 Å². The van der Waals surface area contributed by atoms with E-state index >= 15 is 0 Å². The fourth-order valence-electron chi connectivity index (χ4n) is 6.60. The first-order chi connectivity index (χ1) is 19.8. The maximum Gasteiger partial charge on any atom is 0.405 e. The zero-order chi connectivity index (χ0) is 30.0. The summed E-state index contributed by atoms with van der Waals surface area (Å²) in [6, 6.07) is 3.70. The first kappa shape index (κ1) is 28.6. The van der Waals surface area contributed by atoms with Crippen molar-refractivity contribution in [3.8, 4) is 11.7 Å². The Labute approximate surface area is 248 Å². The van der Waals surface area contributed by atoms with Gasteiger partial charge in [0.2, 0.25) is 5.88 Å². The number of carbonyl (C=O) groups excluding carboxylic acids is 1. The Morgan fingerprint density at radius 2 is 1.95 bits per heavy atom. The van der Waals surface area contributed by atoms with Crippen molar-refractivity contribution in [3.05, 3.63) is 51.7 Å². The minimum absolute atomic E-state index is 0.0435. The second-order valence-corrected chi connectivity index (χ2v) is 14.0. The fourth-order valence-corrected chi connectivity index (χ4v) is 7.12. The van der Waals surface area contributed by atoms with Crippen LogP contribution in [0.4, 0.5) is 4.79 Å². The first-order valence-electron chi connectivity index (χ1n) is 14.4. The Balaban J connectivity index is 1.17. The molecule has 0 radical (unpaired) electrons. The smallest absolute Gasteiger partial charge is 0.405 e. The summed E-state index contributed by atoms with van der Waals surface area (Å²) in [5.74, 6) is 1.32. The maximum absolute atomic E-state index is 13.3. The first-order valence-corrected chi connectivity index (χ1v) is 15.4. The molecule has 3 aromatic heterocycles. The number of fused-ring (bicyclic) bond motifs is 1. The predicted molar refractivity (Wildman–Crippen MR) is 156 cm³/mol. The van der Waals surface area contributed by atoms with Crippen LogP contribution in [-0.4, -0.2) is 72.2 Å². The highest BCUT2D eigenvalue weighted by Crippen LogP contribution is 2.49. The van der Waals surface area contributed by atoms with Gasteiger partial charge < -0.3 is 25.2 Å². The van der Waals surface area contributed by atoms with E-state index in [9.17, 15) is 19.8 Å². The SMILES string of the molecule is Cc1nn(-c2cscn2)cc1C(=O)N1C[C@@H]2C(Oc3cc(C(C)(C)NC(=O)O)cc(C4CCC(C)(C)CC4O)n3)[C@@H]2C1. The maximum atomic E-state index is 13.3. The number of rotatable bonds is 7. The predicted octanol–water partition coefficient (Wildman–Crippen LogP) is 4.34. The zero-order valence-corrected chi connectivity index (χ0v) is 25.4. The molecule has 3 fully saturated rings. The van der Waals surface area contributed by atoms with Crippen LogP contribution < -0.4 is 10.1 Å². The highest BCUT2D eigenvalue weighted by molar-refractivity contribution is 7.07. The lowest BCUT2D eigenvalue weighted by atomic mass is 9.70. The monoisotopic (exact) mass is 594 g/mol. The van der Waals surface area contributed by atoms with Gasteiger partial charge in [0.25, 0.3) is 5.91 Å². The molecule has 2 saturated carbocycles. The number of aryl methyl sites for hydroxylation is 1. The molecule has 2 amide bonds. The number of hydrogen-bond acceptors (Lipinski definition) is 8. The van der Waals surface area contributed by atoms with E-state index in [0.717, 1.165) is 24.1 Å². The molecule has 3 aromatic rings. The van der Waals surface area contributed by atoms with E-state index in [1.165, 1.54) is 11.3 Å². The minimum Gasteiger partial charge on any atom is -0.474 e. The number of aliphatic hydroxyl groups is 1. The molecule has 2 aliphatic carbocycles. The molecule has 224 valence electrons. The molecule has 0 spiro atoms. The molecule has 42 heavy (non-hydrogen) atoms. The molecular formula is C30H38N6O5S. The summed E-state index contributed by atoms with van der Waals surface area (Å²) in [7, 11) is 0. The second kappa shape index (κ2) is 10.3. The summed E-state index contributed by atoms with van der Waals surface area (Å²) in [5, 5.41) is 29.4. The van der Waals surface area contributed by atoms with Crippen molar-refractivity contribution in [1.29, 1.82) is 0 Å². The summed E-state index contributed by atoms with van der Waals surface area (Å²) < 4.78 is 8.06. The largest absolute Gasteiger partial charge is 0.474 e. The Morgan fingerprint density at radius 1 is 1.21 bits per heavy atom. The van der Waals surface area contributed by atoms with Crippen molar-refractivity contribution in [3.63, 3.8) is 0 Å². The lowest BCUT2D eigenvalue weighted by Gasteiger charge is -2.38. The molecule has 3 unspecified atom stereocenters. The van der Waals surface area contributed by atoms with Gasteiger partial charge in [-0.05, 0) is 57.1 Å². The van der Waals surface area contributed by atoms with Gasteiger partial charge in [-0.25, -0.2) is 19.4 Å². The Morgan fingerprint density at radius 3 is 2.60 bits per heavy atom. The number of aromatic nitrogens is 4. The van der Waals surface area contributed by atoms with Gasteiger partial charge in [0.1, 0.15) is 6.10 Å². The van der Waals surface area contributed by atoms with E-state index in [1.807, 2.05) is 23.3 Å². The van der Waals surface area contributed by atoms with Gasteiger partial charge in [0, 0.05) is 48.5 Å². The standard InChI is InChI=1S/C30H38N6O5S/c1-16-19(13-36(34-16)24-14-42-15-31-24)27(38)35-11-20-21(12-35)26(20)41-25-9-17(30(4,5)33-28(39)40)8-22(32-25)18-6-7-29(2,3)10-23(18)37/h8-9,13-15,18,20-21,23,26,33,37H,6-7,10-12H2,1-5H3,(H,39,40)/t18?,20-,21+,23?,26?. The van der Waals surface area contributed by atoms with E-state index in [-0.39, 0.29) is 35.2 Å². The lowest BCUT2D eigenvalue weighted by molar-refractivity contribution is 0.0445. The number of aliphatic hydroxyl groups excluding tert-OH is 1. The van der Waals surface area contributed by atoms with E-state index < -0.39 is 17.7 Å². The van der Waals surface area contributed by atoms with Gasteiger partial charge in [-0.1, -0.05) is 13.8 Å². The summed E-state index contributed by atoms with van der Waals surface area (Å²) in [5.41, 5.74) is 3.60. The Bertz CT molecular complexity index is 1490. The minimum atomic E-state index is -1.12. The molecule has 11 nitrogen and oxygen atoms in total. The average Bonchev–Trinajstić information content (AvgIpc) is 3.40. The summed E-state index contributed by atoms with van der Waals surface area (Å²) >= 11 is 1.48.